The number of nitrogens with one attached hydrogen (secondary N) is 1. The average molecular weight is 302 g/mol. The lowest BCUT2D eigenvalue weighted by Crippen LogP contribution is -2.45. The molecule has 2 N–H and O–H groups in total. The van der Waals surface area contributed by atoms with Gasteiger partial charge in [0.1, 0.15) is 0 Å². The number of thioether (sulfide) groups is 1. The Hall–Kier alpha value is -0.850. The predicted octanol–water partition coefficient (Wildman–Crippen LogP) is 1.89. The standard InChI is InChI=1S/C12H16ClN3O2S/c1-19-12-14-6-7(13)10(16-12)11(18)15-8-4-2-3-5-9(8)17/h6,8-9,17H,2-5H2,1H3,(H,15,18)/t8-,9-/m1/s1. The van der Waals surface area contributed by atoms with Gasteiger partial charge >= 0.3 is 0 Å². The molecule has 5 nitrogen and oxygen atoms in total. The molecule has 0 aliphatic heterocycles. The first kappa shape index (κ1) is 14.6. The highest BCUT2D eigenvalue weighted by Gasteiger charge is 2.26. The molecular weight excluding hydrogens is 286 g/mol. The van der Waals surface area contributed by atoms with Gasteiger partial charge in [-0.1, -0.05) is 36.2 Å². The summed E-state index contributed by atoms with van der Waals surface area (Å²) in [6.45, 7) is 0. The number of hydrogen-bond acceptors (Lipinski definition) is 5. The van der Waals surface area contributed by atoms with Crippen LogP contribution in [-0.2, 0) is 0 Å². The van der Waals surface area contributed by atoms with Crippen molar-refractivity contribution in [2.45, 2.75) is 43.0 Å². The van der Waals surface area contributed by atoms with Crippen LogP contribution in [0.1, 0.15) is 36.2 Å². The second kappa shape index (κ2) is 6.54. The number of carbonyl (C=O) groups excluding carboxylic acids is 1. The number of nitrogens with zero attached hydrogens (tertiary/aromatic N) is 2. The molecule has 0 radical (unpaired) electrons. The third-order valence-electron chi connectivity index (χ3n) is 3.17. The fourth-order valence-electron chi connectivity index (χ4n) is 2.12. The lowest BCUT2D eigenvalue weighted by atomic mass is 9.92. The van der Waals surface area contributed by atoms with E-state index in [9.17, 15) is 9.90 Å². The summed E-state index contributed by atoms with van der Waals surface area (Å²) in [7, 11) is 0. The van der Waals surface area contributed by atoms with Crippen molar-refractivity contribution in [2.24, 2.45) is 0 Å². The van der Waals surface area contributed by atoms with Crippen molar-refractivity contribution in [3.05, 3.63) is 16.9 Å². The zero-order chi connectivity index (χ0) is 13.8. The number of amides is 1. The van der Waals surface area contributed by atoms with Gasteiger partial charge in [0.15, 0.2) is 10.9 Å². The van der Waals surface area contributed by atoms with Gasteiger partial charge in [-0.3, -0.25) is 4.79 Å². The van der Waals surface area contributed by atoms with Crippen LogP contribution in [0.2, 0.25) is 5.02 Å². The molecule has 1 saturated carbocycles. The van der Waals surface area contributed by atoms with E-state index >= 15 is 0 Å². The topological polar surface area (TPSA) is 75.1 Å². The molecule has 0 saturated heterocycles. The maximum absolute atomic E-state index is 12.1. The van der Waals surface area contributed by atoms with Gasteiger partial charge in [-0.15, -0.1) is 0 Å². The summed E-state index contributed by atoms with van der Waals surface area (Å²) in [5, 5.41) is 13.4. The van der Waals surface area contributed by atoms with Gasteiger partial charge in [0, 0.05) is 0 Å². The highest BCUT2D eigenvalue weighted by atomic mass is 35.5. The molecule has 0 bridgehead atoms. The van der Waals surface area contributed by atoms with E-state index in [2.05, 4.69) is 15.3 Å². The molecule has 1 aromatic heterocycles. The highest BCUT2D eigenvalue weighted by molar-refractivity contribution is 7.98. The monoisotopic (exact) mass is 301 g/mol. The molecule has 1 aliphatic rings. The zero-order valence-electron chi connectivity index (χ0n) is 10.6. The fourth-order valence-corrected chi connectivity index (χ4v) is 2.64. The van der Waals surface area contributed by atoms with Crippen LogP contribution in [0.3, 0.4) is 0 Å². The van der Waals surface area contributed by atoms with Gasteiger partial charge in [0.25, 0.3) is 5.91 Å². The minimum absolute atomic E-state index is 0.166. The van der Waals surface area contributed by atoms with E-state index in [1.54, 1.807) is 0 Å². The summed E-state index contributed by atoms with van der Waals surface area (Å²) in [6.07, 6.45) is 6.28. The number of aromatic nitrogens is 2. The fraction of sp³-hybridized carbons (Fsp3) is 0.583. The Morgan fingerprint density at radius 2 is 2.26 bits per heavy atom. The molecule has 1 aliphatic carbocycles. The predicted molar refractivity (Wildman–Crippen MR) is 74.6 cm³/mol. The van der Waals surface area contributed by atoms with Crippen LogP contribution in [0.4, 0.5) is 0 Å². The molecule has 7 heteroatoms. The number of rotatable bonds is 3. The third kappa shape index (κ3) is 3.58. The second-order valence-corrected chi connectivity index (χ2v) is 5.67. The number of halogens is 1. The first-order valence-corrected chi connectivity index (χ1v) is 7.77. The molecule has 1 aromatic rings. The molecule has 0 spiro atoms. The van der Waals surface area contributed by atoms with Crippen LogP contribution in [0.5, 0.6) is 0 Å². The summed E-state index contributed by atoms with van der Waals surface area (Å²) in [5.74, 6) is -0.353. The number of aliphatic hydroxyl groups excluding tert-OH is 1. The van der Waals surface area contributed by atoms with Gasteiger partial charge in [0.2, 0.25) is 0 Å². The lowest BCUT2D eigenvalue weighted by molar-refractivity contribution is 0.0713. The van der Waals surface area contributed by atoms with Crippen LogP contribution in [0.25, 0.3) is 0 Å². The van der Waals surface area contributed by atoms with Gasteiger partial charge in [-0.05, 0) is 19.1 Å². The van der Waals surface area contributed by atoms with Crippen molar-refractivity contribution in [3.8, 4) is 0 Å². The van der Waals surface area contributed by atoms with Crippen LogP contribution >= 0.6 is 23.4 Å². The van der Waals surface area contributed by atoms with E-state index in [4.69, 9.17) is 11.6 Å². The summed E-state index contributed by atoms with van der Waals surface area (Å²) in [4.78, 5) is 20.2. The Kier molecular flexibility index (Phi) is 5.01. The maximum atomic E-state index is 12.1. The molecule has 19 heavy (non-hydrogen) atoms. The van der Waals surface area contributed by atoms with Crippen molar-refractivity contribution in [1.29, 1.82) is 0 Å². The molecule has 1 amide bonds. The van der Waals surface area contributed by atoms with Crippen LogP contribution < -0.4 is 5.32 Å². The average Bonchev–Trinajstić information content (AvgIpc) is 2.42. The van der Waals surface area contributed by atoms with E-state index in [0.717, 1.165) is 25.7 Å². The molecule has 0 aromatic carbocycles. The second-order valence-electron chi connectivity index (χ2n) is 4.49. The SMILES string of the molecule is CSc1ncc(Cl)c(C(=O)N[C@@H]2CCCC[C@H]2O)n1. The molecule has 0 unspecified atom stereocenters. The first-order chi connectivity index (χ1) is 9.11. The summed E-state index contributed by atoms with van der Waals surface area (Å²) in [6, 6.07) is -0.218. The Bertz CT molecular complexity index is 472. The summed E-state index contributed by atoms with van der Waals surface area (Å²) in [5.41, 5.74) is 0.166. The van der Waals surface area contributed by atoms with Crippen LogP contribution in [-0.4, -0.2) is 39.4 Å². The Labute approximate surface area is 121 Å². The van der Waals surface area contributed by atoms with E-state index in [0.29, 0.717) is 5.16 Å². The zero-order valence-corrected chi connectivity index (χ0v) is 12.2. The largest absolute Gasteiger partial charge is 0.391 e. The molecule has 104 valence electrons. The number of hydrogen-bond donors (Lipinski definition) is 2. The Morgan fingerprint density at radius 3 is 2.95 bits per heavy atom. The van der Waals surface area contributed by atoms with Crippen molar-refractivity contribution in [2.75, 3.05) is 6.26 Å². The quantitative estimate of drug-likeness (QED) is 0.658. The first-order valence-electron chi connectivity index (χ1n) is 6.17. The number of aliphatic hydroxyl groups is 1. The van der Waals surface area contributed by atoms with E-state index in [1.807, 2.05) is 6.26 Å². The third-order valence-corrected chi connectivity index (χ3v) is 4.00. The summed E-state index contributed by atoms with van der Waals surface area (Å²) >= 11 is 7.29. The molecule has 1 fully saturated rings. The number of carbonyl (C=O) groups is 1. The van der Waals surface area contributed by atoms with Crippen molar-refractivity contribution in [3.63, 3.8) is 0 Å². The van der Waals surface area contributed by atoms with Gasteiger partial charge in [0.05, 0.1) is 23.4 Å². The smallest absolute Gasteiger partial charge is 0.271 e. The summed E-state index contributed by atoms with van der Waals surface area (Å²) < 4.78 is 0. The van der Waals surface area contributed by atoms with E-state index in [1.165, 1.54) is 18.0 Å². The maximum Gasteiger partial charge on any atom is 0.271 e. The van der Waals surface area contributed by atoms with Crippen molar-refractivity contribution < 1.29 is 9.90 Å². The minimum atomic E-state index is -0.488. The van der Waals surface area contributed by atoms with Crippen molar-refractivity contribution in [1.82, 2.24) is 15.3 Å². The highest BCUT2D eigenvalue weighted by Crippen LogP contribution is 2.20. The van der Waals surface area contributed by atoms with Crippen molar-refractivity contribution >= 4 is 29.3 Å². The van der Waals surface area contributed by atoms with Crippen LogP contribution in [0.15, 0.2) is 11.4 Å². The molecular formula is C12H16ClN3O2S. The minimum Gasteiger partial charge on any atom is -0.391 e. The molecule has 2 rings (SSSR count). The van der Waals surface area contributed by atoms with E-state index < -0.39 is 6.10 Å². The lowest BCUT2D eigenvalue weighted by Gasteiger charge is -2.28. The van der Waals surface area contributed by atoms with Gasteiger partial charge in [-0.2, -0.15) is 0 Å². The molecule has 1 heterocycles. The Balaban J connectivity index is 2.10. The normalized spacial score (nSPS) is 23.1. The van der Waals surface area contributed by atoms with Gasteiger partial charge < -0.3 is 10.4 Å². The molecule has 2 atom stereocenters. The van der Waals surface area contributed by atoms with E-state index in [-0.39, 0.29) is 22.7 Å². The Morgan fingerprint density at radius 1 is 1.53 bits per heavy atom. The van der Waals surface area contributed by atoms with Gasteiger partial charge in [-0.25, -0.2) is 9.97 Å². The van der Waals surface area contributed by atoms with Crippen LogP contribution in [0, 0.1) is 0 Å².